The average Bonchev–Trinajstić information content (AvgIpc) is 2.36. The Morgan fingerprint density at radius 3 is 2.26 bits per heavy atom. The molecule has 0 aliphatic carbocycles. The van der Waals surface area contributed by atoms with E-state index < -0.39 is 0 Å². The molecule has 2 N–H and O–H groups in total. The monoisotopic (exact) mass is 275 g/mol. The first kappa shape index (κ1) is 18.8. The first-order valence-electron chi connectivity index (χ1n) is 7.87. The minimum absolute atomic E-state index is 0.0313. The van der Waals surface area contributed by atoms with E-state index in [9.17, 15) is 5.21 Å². The third-order valence-corrected chi connectivity index (χ3v) is 3.21. The summed E-state index contributed by atoms with van der Waals surface area (Å²) in [7, 11) is 0. The molecular formula is C15H33NO3. The van der Waals surface area contributed by atoms with Gasteiger partial charge in [0.15, 0.2) is 0 Å². The topological polar surface area (TPSA) is 57.0 Å². The van der Waals surface area contributed by atoms with Gasteiger partial charge in [0, 0.05) is 13.0 Å². The molecule has 0 amide bonds. The van der Waals surface area contributed by atoms with E-state index in [0.29, 0.717) is 13.2 Å². The summed E-state index contributed by atoms with van der Waals surface area (Å²) in [4.78, 5) is 0. The van der Waals surface area contributed by atoms with Gasteiger partial charge in [0.2, 0.25) is 0 Å². The summed E-state index contributed by atoms with van der Waals surface area (Å²) in [6.07, 6.45) is 8.52. The Morgan fingerprint density at radius 2 is 1.58 bits per heavy atom. The zero-order chi connectivity index (χ0) is 14.3. The first-order valence-corrected chi connectivity index (χ1v) is 7.87. The van der Waals surface area contributed by atoms with Crippen LogP contribution in [0.25, 0.3) is 0 Å². The quantitative estimate of drug-likeness (QED) is 0.375. The summed E-state index contributed by atoms with van der Waals surface area (Å²) in [5.74, 6) is 0.830. The van der Waals surface area contributed by atoms with Crippen LogP contribution >= 0.6 is 0 Å². The molecule has 0 radical (unpaired) electrons. The number of hydrogen-bond donors (Lipinski definition) is 2. The number of quaternary nitrogens is 1. The molecule has 4 nitrogen and oxygen atoms in total. The van der Waals surface area contributed by atoms with Crippen LogP contribution in [0.1, 0.15) is 58.8 Å². The molecule has 0 aromatic heterocycles. The van der Waals surface area contributed by atoms with Crippen molar-refractivity contribution < 1.29 is 14.9 Å². The fraction of sp³-hybridized carbons (Fsp3) is 1.00. The molecular weight excluding hydrogens is 242 g/mol. The van der Waals surface area contributed by atoms with Crippen molar-refractivity contribution in [1.29, 1.82) is 0 Å². The van der Waals surface area contributed by atoms with Crippen LogP contribution in [-0.2, 0) is 4.74 Å². The second-order valence-corrected chi connectivity index (χ2v) is 5.68. The van der Waals surface area contributed by atoms with Gasteiger partial charge in [-0.3, -0.25) is 0 Å². The zero-order valence-electron chi connectivity index (χ0n) is 12.8. The Balaban J connectivity index is 3.03. The molecule has 0 saturated heterocycles. The highest BCUT2D eigenvalue weighted by Crippen LogP contribution is 2.10. The van der Waals surface area contributed by atoms with Gasteiger partial charge in [0.1, 0.15) is 6.54 Å². The molecule has 116 valence electrons. The lowest BCUT2D eigenvalue weighted by atomic mass is 10.0. The number of unbranched alkanes of at least 4 members (excludes halogenated alkanes) is 4. The highest BCUT2D eigenvalue weighted by Gasteiger charge is 1.97. The van der Waals surface area contributed by atoms with Gasteiger partial charge >= 0.3 is 0 Å². The van der Waals surface area contributed by atoms with Crippen LogP contribution in [0.15, 0.2) is 0 Å². The largest absolute Gasteiger partial charge is 0.634 e. The Kier molecular flexibility index (Phi) is 14.1. The van der Waals surface area contributed by atoms with Crippen LogP contribution < -0.4 is 5.06 Å². The summed E-state index contributed by atoms with van der Waals surface area (Å²) < 4.78 is 5.49. The predicted octanol–water partition coefficient (Wildman–Crippen LogP) is 1.76. The van der Waals surface area contributed by atoms with Crippen LogP contribution in [0.4, 0.5) is 0 Å². The summed E-state index contributed by atoms with van der Waals surface area (Å²) >= 11 is 0. The van der Waals surface area contributed by atoms with Crippen LogP contribution in [-0.4, -0.2) is 38.0 Å². The van der Waals surface area contributed by atoms with Crippen LogP contribution in [0, 0.1) is 11.1 Å². The lowest BCUT2D eigenvalue weighted by Crippen LogP contribution is -3.07. The van der Waals surface area contributed by atoms with E-state index >= 15 is 0 Å². The van der Waals surface area contributed by atoms with E-state index in [2.05, 4.69) is 13.8 Å². The highest BCUT2D eigenvalue weighted by molar-refractivity contribution is 4.48. The molecule has 19 heavy (non-hydrogen) atoms. The number of hydroxylamine groups is 2. The van der Waals surface area contributed by atoms with Crippen molar-refractivity contribution in [3.8, 4) is 0 Å². The normalized spacial score (nSPS) is 13.1. The number of nitrogens with one attached hydrogen (secondary N) is 1. The van der Waals surface area contributed by atoms with Crippen LogP contribution in [0.3, 0.4) is 0 Å². The fourth-order valence-electron chi connectivity index (χ4n) is 2.01. The summed E-state index contributed by atoms with van der Waals surface area (Å²) in [5, 5.41) is 19.8. The molecule has 1 unspecified atom stereocenters. The van der Waals surface area contributed by atoms with Crippen molar-refractivity contribution in [3.63, 3.8) is 0 Å². The van der Waals surface area contributed by atoms with Crippen molar-refractivity contribution in [1.82, 2.24) is 0 Å². The van der Waals surface area contributed by atoms with Gasteiger partial charge < -0.3 is 20.1 Å². The summed E-state index contributed by atoms with van der Waals surface area (Å²) in [5.41, 5.74) is 0. The number of ether oxygens (including phenoxy) is 1. The molecule has 0 aliphatic rings. The molecule has 0 aliphatic heterocycles. The van der Waals surface area contributed by atoms with Crippen molar-refractivity contribution in [2.75, 3.05) is 32.9 Å². The molecule has 0 aromatic carbocycles. The lowest BCUT2D eigenvalue weighted by Gasteiger charge is -2.20. The molecule has 0 saturated carbocycles. The van der Waals surface area contributed by atoms with E-state index in [1.54, 1.807) is 0 Å². The maximum Gasteiger partial charge on any atom is 0.100 e. The van der Waals surface area contributed by atoms with Crippen molar-refractivity contribution >= 4 is 0 Å². The van der Waals surface area contributed by atoms with E-state index in [0.717, 1.165) is 25.4 Å². The average molecular weight is 275 g/mol. The van der Waals surface area contributed by atoms with Crippen molar-refractivity contribution in [3.05, 3.63) is 5.21 Å². The first-order chi connectivity index (χ1) is 9.16. The van der Waals surface area contributed by atoms with Gasteiger partial charge in [0.05, 0.1) is 19.8 Å². The van der Waals surface area contributed by atoms with Gasteiger partial charge in [-0.1, -0.05) is 46.0 Å². The highest BCUT2D eigenvalue weighted by atomic mass is 16.5. The van der Waals surface area contributed by atoms with Gasteiger partial charge in [0.25, 0.3) is 0 Å². The molecule has 0 bridgehead atoms. The number of hydrogen-bond acceptors (Lipinski definition) is 3. The minimum Gasteiger partial charge on any atom is -0.634 e. The Morgan fingerprint density at radius 1 is 0.947 bits per heavy atom. The third kappa shape index (κ3) is 15.8. The van der Waals surface area contributed by atoms with E-state index in [1.807, 2.05) is 0 Å². The van der Waals surface area contributed by atoms with Crippen molar-refractivity contribution in [2.45, 2.75) is 58.8 Å². The van der Waals surface area contributed by atoms with Gasteiger partial charge in [-0.25, -0.2) is 0 Å². The maximum absolute atomic E-state index is 11.1. The third-order valence-electron chi connectivity index (χ3n) is 3.21. The molecule has 4 heteroatoms. The molecule has 0 heterocycles. The van der Waals surface area contributed by atoms with E-state index in [1.165, 1.54) is 32.1 Å². The second kappa shape index (κ2) is 14.3. The Labute approximate surface area is 118 Å². The number of aliphatic hydroxyl groups excluding tert-OH is 1. The van der Waals surface area contributed by atoms with Crippen LogP contribution in [0.5, 0.6) is 0 Å². The van der Waals surface area contributed by atoms with Gasteiger partial charge in [-0.15, -0.1) is 0 Å². The minimum atomic E-state index is -0.0313. The molecule has 1 atom stereocenters. The Hall–Kier alpha value is -0.160. The van der Waals surface area contributed by atoms with E-state index in [-0.39, 0.29) is 18.2 Å². The van der Waals surface area contributed by atoms with Crippen LogP contribution in [0.2, 0.25) is 0 Å². The van der Waals surface area contributed by atoms with Crippen molar-refractivity contribution in [2.24, 2.45) is 5.92 Å². The number of rotatable bonds is 14. The van der Waals surface area contributed by atoms with Gasteiger partial charge in [-0.2, -0.15) is 0 Å². The molecule has 0 spiro atoms. The summed E-state index contributed by atoms with van der Waals surface area (Å²) in [6, 6.07) is 0. The maximum atomic E-state index is 11.1. The SMILES string of the molecule is CC(C)CCCCCCCOCCC[NH+]([O-])CCO. The second-order valence-electron chi connectivity index (χ2n) is 5.68. The molecule has 0 fully saturated rings. The Bertz CT molecular complexity index is 177. The fourth-order valence-corrected chi connectivity index (χ4v) is 2.01. The summed E-state index contributed by atoms with van der Waals surface area (Å²) in [6.45, 7) is 6.84. The molecule has 0 rings (SSSR count). The van der Waals surface area contributed by atoms with Gasteiger partial charge in [-0.05, 0) is 12.3 Å². The smallest absolute Gasteiger partial charge is 0.100 e. The molecule has 0 aromatic rings. The zero-order valence-corrected chi connectivity index (χ0v) is 12.8. The standard InChI is InChI=1S/C15H33NO3/c1-15(2)9-6-4-3-5-7-13-19-14-8-10-16(18)11-12-17/h15-17H,3-14H2,1-2H3. The number of aliphatic hydroxyl groups is 1. The predicted molar refractivity (Wildman–Crippen MR) is 79.1 cm³/mol. The van der Waals surface area contributed by atoms with E-state index in [4.69, 9.17) is 9.84 Å². The lowest BCUT2D eigenvalue weighted by molar-refractivity contribution is -0.848.